The zero-order chi connectivity index (χ0) is 13.9. The van der Waals surface area contributed by atoms with Crippen LogP contribution in [0, 0.1) is 0 Å². The number of allylic oxidation sites excluding steroid dienone is 1. The fourth-order valence-corrected chi connectivity index (χ4v) is 1.06. The third-order valence-electron chi connectivity index (χ3n) is 2.09. The van der Waals surface area contributed by atoms with Crippen LogP contribution in [0.2, 0.25) is 0 Å². The van der Waals surface area contributed by atoms with E-state index in [1.54, 1.807) is 0 Å². The number of rotatable bonds is 5. The molecule has 0 unspecified atom stereocenters. The maximum absolute atomic E-state index is 12.9. The summed E-state index contributed by atoms with van der Waals surface area (Å²) in [6, 6.07) is 0. The molecule has 0 atom stereocenters. The first-order valence-corrected chi connectivity index (χ1v) is 4.42. The molecule has 0 saturated carbocycles. The third kappa shape index (κ3) is 3.65. The summed E-state index contributed by atoms with van der Waals surface area (Å²) in [5.74, 6) is -6.97. The first kappa shape index (κ1) is 15.8. The minimum Gasteiger partial charge on any atom is -0.478 e. The SMILES string of the molecule is COCCC(C(=O)O)=C(C)C(F)(F)C(F)(F)F. The summed E-state index contributed by atoms with van der Waals surface area (Å²) in [6.45, 7) is 0.194. The number of ether oxygens (including phenoxy) is 1. The van der Waals surface area contributed by atoms with Gasteiger partial charge in [0.15, 0.2) is 0 Å². The van der Waals surface area contributed by atoms with E-state index in [1.165, 1.54) is 7.11 Å². The molecule has 0 saturated heterocycles. The third-order valence-corrected chi connectivity index (χ3v) is 2.09. The van der Waals surface area contributed by atoms with E-state index < -0.39 is 35.6 Å². The molecular formula is C9H11F5O3. The molecule has 0 aromatic carbocycles. The Bertz CT molecular complexity index is 319. The van der Waals surface area contributed by atoms with Crippen molar-refractivity contribution in [2.45, 2.75) is 25.4 Å². The first-order chi connectivity index (χ1) is 7.55. The maximum Gasteiger partial charge on any atom is 0.457 e. The largest absolute Gasteiger partial charge is 0.478 e. The summed E-state index contributed by atoms with van der Waals surface area (Å²) in [7, 11) is 1.18. The standard InChI is InChI=1S/C9H11F5O3/c1-5(8(10,11)9(12,13)14)6(7(15)16)3-4-17-2/h3-4H2,1-2H3,(H,15,16). The highest BCUT2D eigenvalue weighted by Crippen LogP contribution is 2.42. The predicted molar refractivity (Wildman–Crippen MR) is 47.8 cm³/mol. The van der Waals surface area contributed by atoms with Gasteiger partial charge in [-0.3, -0.25) is 0 Å². The number of carbonyl (C=O) groups is 1. The van der Waals surface area contributed by atoms with Crippen molar-refractivity contribution < 1.29 is 36.6 Å². The van der Waals surface area contributed by atoms with Crippen molar-refractivity contribution in [3.63, 3.8) is 0 Å². The number of aliphatic carboxylic acids is 1. The van der Waals surface area contributed by atoms with Gasteiger partial charge in [-0.1, -0.05) is 0 Å². The minimum atomic E-state index is -5.81. The molecule has 0 heterocycles. The van der Waals surface area contributed by atoms with Gasteiger partial charge in [-0.2, -0.15) is 22.0 Å². The molecule has 1 N–H and O–H groups in total. The summed E-state index contributed by atoms with van der Waals surface area (Å²) in [4.78, 5) is 10.6. The number of hydrogen-bond acceptors (Lipinski definition) is 2. The number of hydrogen-bond donors (Lipinski definition) is 1. The quantitative estimate of drug-likeness (QED) is 0.612. The molecule has 0 aromatic rings. The smallest absolute Gasteiger partial charge is 0.457 e. The van der Waals surface area contributed by atoms with Crippen molar-refractivity contribution in [3.05, 3.63) is 11.1 Å². The van der Waals surface area contributed by atoms with Crippen LogP contribution in [0.5, 0.6) is 0 Å². The molecule has 3 nitrogen and oxygen atoms in total. The number of halogens is 5. The second kappa shape index (κ2) is 5.44. The molecule has 0 amide bonds. The lowest BCUT2D eigenvalue weighted by Gasteiger charge is -2.22. The van der Waals surface area contributed by atoms with Crippen LogP contribution in [0.4, 0.5) is 22.0 Å². The van der Waals surface area contributed by atoms with Gasteiger partial charge in [0, 0.05) is 24.7 Å². The van der Waals surface area contributed by atoms with Crippen molar-refractivity contribution >= 4 is 5.97 Å². The van der Waals surface area contributed by atoms with E-state index in [0.29, 0.717) is 6.92 Å². The molecule has 0 fully saturated rings. The zero-order valence-electron chi connectivity index (χ0n) is 9.07. The van der Waals surface area contributed by atoms with Gasteiger partial charge in [-0.25, -0.2) is 4.79 Å². The predicted octanol–water partition coefficient (Wildman–Crippen LogP) is 2.62. The number of methoxy groups -OCH3 is 1. The summed E-state index contributed by atoms with van der Waals surface area (Å²) >= 11 is 0. The fraction of sp³-hybridized carbons (Fsp3) is 0.667. The van der Waals surface area contributed by atoms with Gasteiger partial charge in [-0.05, 0) is 6.92 Å². The molecule has 0 aliphatic heterocycles. The molecular weight excluding hydrogens is 251 g/mol. The van der Waals surface area contributed by atoms with Crippen LogP contribution in [-0.2, 0) is 9.53 Å². The summed E-state index contributed by atoms with van der Waals surface area (Å²) in [5, 5.41) is 8.59. The van der Waals surface area contributed by atoms with Crippen molar-refractivity contribution in [2.75, 3.05) is 13.7 Å². The average molecular weight is 262 g/mol. The molecule has 0 rings (SSSR count). The van der Waals surface area contributed by atoms with Gasteiger partial charge in [0.25, 0.3) is 0 Å². The number of carboxylic acids is 1. The zero-order valence-corrected chi connectivity index (χ0v) is 9.07. The Kier molecular flexibility index (Phi) is 5.06. The molecule has 0 aliphatic carbocycles. The van der Waals surface area contributed by atoms with Crippen LogP contribution in [0.1, 0.15) is 13.3 Å². The number of carboxylic acid groups (broad SMARTS) is 1. The molecule has 0 bridgehead atoms. The lowest BCUT2D eigenvalue weighted by molar-refractivity contribution is -0.264. The molecule has 8 heteroatoms. The van der Waals surface area contributed by atoms with Crippen LogP contribution in [0.25, 0.3) is 0 Å². The number of alkyl halides is 5. The van der Waals surface area contributed by atoms with Crippen molar-refractivity contribution in [1.29, 1.82) is 0 Å². The van der Waals surface area contributed by atoms with Gasteiger partial charge >= 0.3 is 18.1 Å². The molecule has 0 spiro atoms. The van der Waals surface area contributed by atoms with Crippen molar-refractivity contribution in [3.8, 4) is 0 Å². The molecule has 100 valence electrons. The molecule has 17 heavy (non-hydrogen) atoms. The van der Waals surface area contributed by atoms with Crippen LogP contribution >= 0.6 is 0 Å². The highest BCUT2D eigenvalue weighted by molar-refractivity contribution is 5.87. The van der Waals surface area contributed by atoms with E-state index in [9.17, 15) is 26.7 Å². The normalized spacial score (nSPS) is 14.5. The van der Waals surface area contributed by atoms with E-state index in [2.05, 4.69) is 4.74 Å². The van der Waals surface area contributed by atoms with Crippen LogP contribution in [0.3, 0.4) is 0 Å². The molecule has 0 aliphatic rings. The maximum atomic E-state index is 12.9. The summed E-state index contributed by atoms with van der Waals surface area (Å²) < 4.78 is 66.3. The van der Waals surface area contributed by atoms with E-state index in [4.69, 9.17) is 5.11 Å². The topological polar surface area (TPSA) is 46.5 Å². The van der Waals surface area contributed by atoms with Gasteiger partial charge in [0.1, 0.15) is 0 Å². The van der Waals surface area contributed by atoms with E-state index in [0.717, 1.165) is 0 Å². The first-order valence-electron chi connectivity index (χ1n) is 4.42. The summed E-state index contributed by atoms with van der Waals surface area (Å²) in [5.41, 5.74) is -2.51. The van der Waals surface area contributed by atoms with Gasteiger partial charge in [-0.15, -0.1) is 0 Å². The van der Waals surface area contributed by atoms with E-state index in [1.807, 2.05) is 0 Å². The Hall–Kier alpha value is -1.18. The Morgan fingerprint density at radius 1 is 1.24 bits per heavy atom. The Morgan fingerprint density at radius 2 is 1.71 bits per heavy atom. The summed E-state index contributed by atoms with van der Waals surface area (Å²) in [6.07, 6.45) is -6.34. The Morgan fingerprint density at radius 3 is 2.00 bits per heavy atom. The molecule has 0 aromatic heterocycles. The highest BCUT2D eigenvalue weighted by Gasteiger charge is 2.59. The van der Waals surface area contributed by atoms with Gasteiger partial charge < -0.3 is 9.84 Å². The average Bonchev–Trinajstić information content (AvgIpc) is 2.15. The second-order valence-corrected chi connectivity index (χ2v) is 3.22. The second-order valence-electron chi connectivity index (χ2n) is 3.22. The highest BCUT2D eigenvalue weighted by atomic mass is 19.4. The molecule has 0 radical (unpaired) electrons. The Labute approximate surface area is 93.9 Å². The Balaban J connectivity index is 5.40. The van der Waals surface area contributed by atoms with Gasteiger partial charge in [0.2, 0.25) is 0 Å². The van der Waals surface area contributed by atoms with E-state index in [-0.39, 0.29) is 6.61 Å². The van der Waals surface area contributed by atoms with Crippen LogP contribution in [-0.4, -0.2) is 36.9 Å². The minimum absolute atomic E-state index is 0.257. The lowest BCUT2D eigenvalue weighted by Crippen LogP contribution is -2.38. The monoisotopic (exact) mass is 262 g/mol. The van der Waals surface area contributed by atoms with Crippen LogP contribution < -0.4 is 0 Å². The van der Waals surface area contributed by atoms with E-state index >= 15 is 0 Å². The van der Waals surface area contributed by atoms with Crippen molar-refractivity contribution in [2.24, 2.45) is 0 Å². The van der Waals surface area contributed by atoms with Crippen molar-refractivity contribution in [1.82, 2.24) is 0 Å². The van der Waals surface area contributed by atoms with Crippen LogP contribution in [0.15, 0.2) is 11.1 Å². The fourth-order valence-electron chi connectivity index (χ4n) is 1.06. The lowest BCUT2D eigenvalue weighted by atomic mass is 10.0. The van der Waals surface area contributed by atoms with Gasteiger partial charge in [0.05, 0.1) is 6.61 Å².